The van der Waals surface area contributed by atoms with Gasteiger partial charge in [0.2, 0.25) is 0 Å². The highest BCUT2D eigenvalue weighted by Crippen LogP contribution is 2.42. The highest BCUT2D eigenvalue weighted by atomic mass is 16.6. The number of hydrogen-bond donors (Lipinski definition) is 0. The molecule has 31 heavy (non-hydrogen) atoms. The van der Waals surface area contributed by atoms with Crippen molar-refractivity contribution in [2.75, 3.05) is 0 Å². The Morgan fingerprint density at radius 1 is 0.774 bits per heavy atom. The van der Waals surface area contributed by atoms with E-state index in [4.69, 9.17) is 0 Å². The molecule has 0 unspecified atom stereocenters. The largest absolute Gasteiger partial charge is 0.289 e. The molecule has 0 saturated heterocycles. The summed E-state index contributed by atoms with van der Waals surface area (Å²) in [5.41, 5.74) is 2.77. The summed E-state index contributed by atoms with van der Waals surface area (Å²) in [5, 5.41) is 21.7. The molecule has 2 aromatic rings. The van der Waals surface area contributed by atoms with Gasteiger partial charge in [-0.2, -0.15) is 0 Å². The van der Waals surface area contributed by atoms with Gasteiger partial charge in [0, 0.05) is 35.4 Å². The van der Waals surface area contributed by atoms with Gasteiger partial charge in [-0.1, -0.05) is 20.8 Å². The van der Waals surface area contributed by atoms with E-state index in [2.05, 4.69) is 20.8 Å². The molecule has 1 aliphatic carbocycles. The summed E-state index contributed by atoms with van der Waals surface area (Å²) in [6.07, 6.45) is 4.84. The van der Waals surface area contributed by atoms with Crippen molar-refractivity contribution in [1.82, 2.24) is 0 Å². The second kappa shape index (κ2) is 8.63. The molecule has 0 radical (unpaired) electrons. The zero-order valence-corrected chi connectivity index (χ0v) is 17.7. The Hall–Kier alpha value is -3.61. The molecule has 0 aliphatic heterocycles. The summed E-state index contributed by atoms with van der Waals surface area (Å²) >= 11 is 0. The molecular weight excluding hydrogens is 396 g/mol. The number of benzene rings is 2. The van der Waals surface area contributed by atoms with Crippen molar-refractivity contribution in [3.05, 3.63) is 91.0 Å². The van der Waals surface area contributed by atoms with Crippen LogP contribution in [0.5, 0.6) is 0 Å². The predicted octanol–water partition coefficient (Wildman–Crippen LogP) is 6.00. The number of hydrogen-bond acceptors (Lipinski definition) is 5. The van der Waals surface area contributed by atoms with E-state index in [0.29, 0.717) is 24.0 Å². The van der Waals surface area contributed by atoms with E-state index in [0.717, 1.165) is 11.1 Å². The quantitative estimate of drug-likeness (QED) is 0.343. The SMILES string of the molecule is CC(C)(C)C1C/C(=C\c2ccc([N+](=O)[O-])cc2)C(=O)/C(=C/c2ccc([N+](=O)[O-])cc2)C1. The van der Waals surface area contributed by atoms with Crippen LogP contribution in [0.3, 0.4) is 0 Å². The number of nitro groups is 2. The number of nitro benzene ring substituents is 2. The van der Waals surface area contributed by atoms with Crippen LogP contribution in [0.2, 0.25) is 0 Å². The molecule has 7 heteroatoms. The van der Waals surface area contributed by atoms with Crippen molar-refractivity contribution in [2.45, 2.75) is 33.6 Å². The summed E-state index contributed by atoms with van der Waals surface area (Å²) in [6.45, 7) is 6.42. The maximum Gasteiger partial charge on any atom is 0.269 e. The minimum absolute atomic E-state index is 0.00319. The molecule has 0 N–H and O–H groups in total. The molecule has 0 atom stereocenters. The molecule has 0 bridgehead atoms. The summed E-state index contributed by atoms with van der Waals surface area (Å²) in [7, 11) is 0. The summed E-state index contributed by atoms with van der Waals surface area (Å²) in [6, 6.07) is 12.3. The number of Topliss-reactive ketones (excluding diaryl/α,β-unsaturated/α-hetero) is 1. The van der Waals surface area contributed by atoms with Gasteiger partial charge in [-0.15, -0.1) is 0 Å². The molecule has 160 valence electrons. The highest BCUT2D eigenvalue weighted by Gasteiger charge is 2.34. The molecule has 1 saturated carbocycles. The lowest BCUT2D eigenvalue weighted by molar-refractivity contribution is -0.385. The Bertz CT molecular complexity index is 995. The second-order valence-electron chi connectivity index (χ2n) is 8.84. The maximum absolute atomic E-state index is 13.2. The Morgan fingerprint density at radius 2 is 1.13 bits per heavy atom. The van der Waals surface area contributed by atoms with Crippen LogP contribution in [0.1, 0.15) is 44.7 Å². The van der Waals surface area contributed by atoms with E-state index in [9.17, 15) is 25.0 Å². The number of nitrogens with zero attached hydrogens (tertiary/aromatic N) is 2. The molecular formula is C24H24N2O5. The fourth-order valence-electron chi connectivity index (χ4n) is 3.64. The summed E-state index contributed by atoms with van der Waals surface area (Å²) in [4.78, 5) is 34.0. The lowest BCUT2D eigenvalue weighted by atomic mass is 9.68. The minimum atomic E-state index is -0.455. The molecule has 0 spiro atoms. The van der Waals surface area contributed by atoms with Gasteiger partial charge in [0.1, 0.15) is 0 Å². The topological polar surface area (TPSA) is 103 Å². The first-order valence-corrected chi connectivity index (χ1v) is 9.99. The molecule has 0 amide bonds. The number of non-ortho nitro benzene ring substituents is 2. The minimum Gasteiger partial charge on any atom is -0.289 e. The van der Waals surface area contributed by atoms with Gasteiger partial charge < -0.3 is 0 Å². The molecule has 2 aromatic carbocycles. The number of rotatable bonds is 4. The first-order chi connectivity index (χ1) is 14.5. The lowest BCUT2D eigenvalue weighted by Crippen LogP contribution is -2.29. The number of ketones is 1. The summed E-state index contributed by atoms with van der Waals surface area (Å²) in [5.74, 6) is 0.177. The Balaban J connectivity index is 1.97. The van der Waals surface area contributed by atoms with Crippen LogP contribution in [-0.4, -0.2) is 15.6 Å². The Morgan fingerprint density at radius 3 is 1.42 bits per heavy atom. The third-order valence-electron chi connectivity index (χ3n) is 5.63. The van der Waals surface area contributed by atoms with E-state index in [1.165, 1.54) is 24.3 Å². The monoisotopic (exact) mass is 420 g/mol. The van der Waals surface area contributed by atoms with E-state index in [1.807, 2.05) is 0 Å². The molecule has 0 heterocycles. The van der Waals surface area contributed by atoms with Crippen molar-refractivity contribution in [3.8, 4) is 0 Å². The third kappa shape index (κ3) is 5.31. The molecule has 1 aliphatic rings. The van der Waals surface area contributed by atoms with Crippen LogP contribution in [-0.2, 0) is 4.79 Å². The van der Waals surface area contributed by atoms with E-state index in [1.54, 1.807) is 36.4 Å². The van der Waals surface area contributed by atoms with Crippen LogP contribution in [0.15, 0.2) is 59.7 Å². The first kappa shape index (κ1) is 22.1. The van der Waals surface area contributed by atoms with Gasteiger partial charge in [0.05, 0.1) is 9.85 Å². The lowest BCUT2D eigenvalue weighted by Gasteiger charge is -2.35. The number of allylic oxidation sites excluding steroid dienone is 2. The smallest absolute Gasteiger partial charge is 0.269 e. The first-order valence-electron chi connectivity index (χ1n) is 9.99. The fourth-order valence-corrected chi connectivity index (χ4v) is 3.64. The normalized spacial score (nSPS) is 19.6. The number of carbonyl (C=O) groups excluding carboxylic acids is 1. The maximum atomic E-state index is 13.2. The average molecular weight is 420 g/mol. The third-order valence-corrected chi connectivity index (χ3v) is 5.63. The van der Waals surface area contributed by atoms with Crippen molar-refractivity contribution in [2.24, 2.45) is 11.3 Å². The van der Waals surface area contributed by atoms with Crippen LogP contribution in [0.25, 0.3) is 12.2 Å². The zero-order chi connectivity index (χ0) is 22.8. The van der Waals surface area contributed by atoms with Crippen LogP contribution < -0.4 is 0 Å². The van der Waals surface area contributed by atoms with Gasteiger partial charge in [-0.3, -0.25) is 25.0 Å². The average Bonchev–Trinajstić information content (AvgIpc) is 2.71. The van der Waals surface area contributed by atoms with Gasteiger partial charge in [0.25, 0.3) is 11.4 Å². The molecule has 7 nitrogen and oxygen atoms in total. The number of carbonyl (C=O) groups is 1. The summed E-state index contributed by atoms with van der Waals surface area (Å²) < 4.78 is 0. The van der Waals surface area contributed by atoms with Crippen molar-refractivity contribution in [3.63, 3.8) is 0 Å². The van der Waals surface area contributed by atoms with Gasteiger partial charge in [0.15, 0.2) is 5.78 Å². The van der Waals surface area contributed by atoms with Crippen LogP contribution in [0, 0.1) is 31.6 Å². The zero-order valence-electron chi connectivity index (χ0n) is 17.7. The van der Waals surface area contributed by atoms with Gasteiger partial charge in [-0.05, 0) is 71.7 Å². The van der Waals surface area contributed by atoms with E-state index < -0.39 is 9.85 Å². The van der Waals surface area contributed by atoms with E-state index >= 15 is 0 Å². The van der Waals surface area contributed by atoms with Gasteiger partial charge in [-0.25, -0.2) is 0 Å². The Labute approximate surface area is 180 Å². The molecule has 3 rings (SSSR count). The van der Waals surface area contributed by atoms with Crippen molar-refractivity contribution < 1.29 is 14.6 Å². The Kier molecular flexibility index (Phi) is 6.15. The second-order valence-corrected chi connectivity index (χ2v) is 8.84. The van der Waals surface area contributed by atoms with E-state index in [-0.39, 0.29) is 28.5 Å². The highest BCUT2D eigenvalue weighted by molar-refractivity contribution is 6.14. The molecule has 0 aromatic heterocycles. The van der Waals surface area contributed by atoms with Crippen LogP contribution >= 0.6 is 0 Å². The molecule has 1 fully saturated rings. The van der Waals surface area contributed by atoms with Crippen molar-refractivity contribution in [1.29, 1.82) is 0 Å². The van der Waals surface area contributed by atoms with Crippen molar-refractivity contribution >= 4 is 29.3 Å². The van der Waals surface area contributed by atoms with Gasteiger partial charge >= 0.3 is 0 Å². The standard InChI is InChI=1S/C24H24N2O5/c1-24(2,3)20-14-18(12-16-4-8-21(9-5-16)25(28)29)23(27)19(15-20)13-17-6-10-22(11-7-17)26(30)31/h4-13,20H,14-15H2,1-3H3/b18-12+,19-13+. The predicted molar refractivity (Wildman–Crippen MR) is 119 cm³/mol. The van der Waals surface area contributed by atoms with Crippen LogP contribution in [0.4, 0.5) is 11.4 Å². The fraction of sp³-hybridized carbons (Fsp3) is 0.292.